The van der Waals surface area contributed by atoms with E-state index in [9.17, 15) is 17.6 Å². The van der Waals surface area contributed by atoms with E-state index in [4.69, 9.17) is 16.3 Å². The summed E-state index contributed by atoms with van der Waals surface area (Å²) in [5.74, 6) is -0.819. The molecule has 3 nitrogen and oxygen atoms in total. The fourth-order valence-corrected chi connectivity index (χ4v) is 4.52. The number of alkyl halides is 3. The molecule has 1 aliphatic heterocycles. The number of hydrogen-bond donors (Lipinski definition) is 1. The molecule has 0 aliphatic carbocycles. The van der Waals surface area contributed by atoms with Gasteiger partial charge in [-0.05, 0) is 60.8 Å². The highest BCUT2D eigenvalue weighted by Gasteiger charge is 2.34. The normalized spacial score (nSPS) is 16.0. The van der Waals surface area contributed by atoms with Crippen molar-refractivity contribution in [2.24, 2.45) is 0 Å². The fourth-order valence-electron chi connectivity index (χ4n) is 4.31. The largest absolute Gasteiger partial charge is 0.416 e. The zero-order valence-electron chi connectivity index (χ0n) is 17.8. The monoisotopic (exact) mass is 478 g/mol. The Balaban J connectivity index is 1.60. The average molecular weight is 479 g/mol. The van der Waals surface area contributed by atoms with E-state index < -0.39 is 17.7 Å². The van der Waals surface area contributed by atoms with Crippen molar-refractivity contribution in [1.29, 1.82) is 0 Å². The van der Waals surface area contributed by atoms with Gasteiger partial charge in [0.15, 0.2) is 0 Å². The van der Waals surface area contributed by atoms with Crippen LogP contribution in [0.1, 0.15) is 29.5 Å². The van der Waals surface area contributed by atoms with Crippen molar-refractivity contribution in [3.63, 3.8) is 0 Å². The van der Waals surface area contributed by atoms with Gasteiger partial charge in [0.2, 0.25) is 5.95 Å². The topological polar surface area (TPSA) is 34.1 Å². The highest BCUT2D eigenvalue weighted by Crippen LogP contribution is 2.37. The maximum absolute atomic E-state index is 13.7. The van der Waals surface area contributed by atoms with E-state index in [2.05, 4.69) is 22.4 Å². The summed E-state index contributed by atoms with van der Waals surface area (Å²) in [6.07, 6.45) is -1.74. The molecule has 0 spiro atoms. The SMILES string of the molecule is Fc1cc(-c2cc(COCC3(c4ccccc4)CCNCC3)cc(C(F)(F)F)c2)c(Cl)cn1. The second kappa shape index (κ2) is 9.79. The van der Waals surface area contributed by atoms with Crippen LogP contribution in [0.4, 0.5) is 17.6 Å². The summed E-state index contributed by atoms with van der Waals surface area (Å²) in [6, 6.07) is 14.7. The van der Waals surface area contributed by atoms with Crippen LogP contribution in [-0.4, -0.2) is 24.7 Å². The highest BCUT2D eigenvalue weighted by molar-refractivity contribution is 6.33. The number of pyridine rings is 1. The lowest BCUT2D eigenvalue weighted by Gasteiger charge is -2.38. The van der Waals surface area contributed by atoms with E-state index in [1.54, 1.807) is 6.07 Å². The third-order valence-electron chi connectivity index (χ3n) is 6.05. The summed E-state index contributed by atoms with van der Waals surface area (Å²) < 4.78 is 60.4. The predicted octanol–water partition coefficient (Wildman–Crippen LogP) is 6.40. The number of nitrogens with zero attached hydrogens (tertiary/aromatic N) is 1. The van der Waals surface area contributed by atoms with Crippen LogP contribution in [0.5, 0.6) is 0 Å². The van der Waals surface area contributed by atoms with Gasteiger partial charge in [-0.25, -0.2) is 4.98 Å². The lowest BCUT2D eigenvalue weighted by atomic mass is 9.74. The molecule has 0 radical (unpaired) electrons. The maximum Gasteiger partial charge on any atom is 0.416 e. The van der Waals surface area contributed by atoms with Gasteiger partial charge in [-0.3, -0.25) is 0 Å². The van der Waals surface area contributed by atoms with Crippen molar-refractivity contribution in [3.05, 3.63) is 88.5 Å². The number of ether oxygens (including phenoxy) is 1. The van der Waals surface area contributed by atoms with E-state index in [0.29, 0.717) is 12.2 Å². The summed E-state index contributed by atoms with van der Waals surface area (Å²) >= 11 is 6.09. The number of halogens is 5. The molecule has 2 heterocycles. The van der Waals surface area contributed by atoms with Crippen LogP contribution in [0, 0.1) is 5.95 Å². The molecule has 1 aliphatic rings. The lowest BCUT2D eigenvalue weighted by molar-refractivity contribution is -0.137. The van der Waals surface area contributed by atoms with Gasteiger partial charge in [-0.1, -0.05) is 41.9 Å². The van der Waals surface area contributed by atoms with Gasteiger partial charge in [0, 0.05) is 23.2 Å². The number of hydrogen-bond acceptors (Lipinski definition) is 3. The first-order valence-corrected chi connectivity index (χ1v) is 11.0. The van der Waals surface area contributed by atoms with Crippen molar-refractivity contribution < 1.29 is 22.3 Å². The van der Waals surface area contributed by atoms with Gasteiger partial charge in [0.1, 0.15) is 0 Å². The molecule has 2 aromatic carbocycles. The summed E-state index contributed by atoms with van der Waals surface area (Å²) in [4.78, 5) is 3.45. The Bertz CT molecular complexity index is 1100. The second-order valence-electron chi connectivity index (χ2n) is 8.29. The van der Waals surface area contributed by atoms with Crippen molar-refractivity contribution in [3.8, 4) is 11.1 Å². The minimum atomic E-state index is -4.57. The molecular formula is C25H23ClF4N2O. The van der Waals surface area contributed by atoms with Crippen LogP contribution in [0.15, 0.2) is 60.8 Å². The van der Waals surface area contributed by atoms with Crippen LogP contribution in [0.3, 0.4) is 0 Å². The minimum absolute atomic E-state index is 0.00980. The Morgan fingerprint density at radius 2 is 1.76 bits per heavy atom. The first-order valence-electron chi connectivity index (χ1n) is 10.6. The summed E-state index contributed by atoms with van der Waals surface area (Å²) in [5.41, 5.74) is 0.770. The Kier molecular flexibility index (Phi) is 7.02. The average Bonchev–Trinajstić information content (AvgIpc) is 2.81. The molecule has 1 saturated heterocycles. The van der Waals surface area contributed by atoms with Gasteiger partial charge in [0.25, 0.3) is 0 Å². The Morgan fingerprint density at radius 3 is 2.45 bits per heavy atom. The number of benzene rings is 2. The molecule has 1 fully saturated rings. The van der Waals surface area contributed by atoms with Crippen LogP contribution in [-0.2, 0) is 22.9 Å². The molecule has 1 aromatic heterocycles. The molecule has 0 saturated carbocycles. The second-order valence-corrected chi connectivity index (χ2v) is 8.70. The van der Waals surface area contributed by atoms with Gasteiger partial charge >= 0.3 is 6.18 Å². The number of rotatable bonds is 6. The lowest BCUT2D eigenvalue weighted by Crippen LogP contribution is -2.43. The number of piperidine rings is 1. The molecule has 3 aromatic rings. The molecule has 4 rings (SSSR count). The molecule has 0 unspecified atom stereocenters. The molecule has 0 amide bonds. The van der Waals surface area contributed by atoms with Gasteiger partial charge in [-0.15, -0.1) is 0 Å². The maximum atomic E-state index is 13.7. The zero-order valence-corrected chi connectivity index (χ0v) is 18.5. The first kappa shape index (κ1) is 23.7. The highest BCUT2D eigenvalue weighted by atomic mass is 35.5. The van der Waals surface area contributed by atoms with Crippen molar-refractivity contribution in [1.82, 2.24) is 10.3 Å². The van der Waals surface area contributed by atoms with Crippen LogP contribution >= 0.6 is 11.6 Å². The quantitative estimate of drug-likeness (QED) is 0.329. The molecule has 33 heavy (non-hydrogen) atoms. The molecule has 1 N–H and O–H groups in total. The van der Waals surface area contributed by atoms with Crippen LogP contribution in [0.2, 0.25) is 5.02 Å². The van der Waals surface area contributed by atoms with Gasteiger partial charge in [0.05, 0.1) is 23.8 Å². The molecule has 0 bridgehead atoms. The van der Waals surface area contributed by atoms with E-state index in [1.165, 1.54) is 0 Å². The number of nitrogens with one attached hydrogen (secondary N) is 1. The van der Waals surface area contributed by atoms with E-state index >= 15 is 0 Å². The van der Waals surface area contributed by atoms with Gasteiger partial charge < -0.3 is 10.1 Å². The van der Waals surface area contributed by atoms with Crippen LogP contribution < -0.4 is 5.32 Å². The third-order valence-corrected chi connectivity index (χ3v) is 6.35. The smallest absolute Gasteiger partial charge is 0.376 e. The minimum Gasteiger partial charge on any atom is -0.376 e. The predicted molar refractivity (Wildman–Crippen MR) is 120 cm³/mol. The summed E-state index contributed by atoms with van der Waals surface area (Å²) in [6.45, 7) is 2.06. The Labute approximate surface area is 194 Å². The summed E-state index contributed by atoms with van der Waals surface area (Å²) in [5, 5.41) is 3.42. The first-order chi connectivity index (χ1) is 15.8. The van der Waals surface area contributed by atoms with E-state index in [1.807, 2.05) is 18.2 Å². The fraction of sp³-hybridized carbons (Fsp3) is 0.320. The van der Waals surface area contributed by atoms with E-state index in [-0.39, 0.29) is 28.2 Å². The van der Waals surface area contributed by atoms with E-state index in [0.717, 1.165) is 55.9 Å². The van der Waals surface area contributed by atoms with Crippen LogP contribution in [0.25, 0.3) is 11.1 Å². The number of aromatic nitrogens is 1. The Hall–Kier alpha value is -2.48. The standard InChI is InChI=1S/C25H23ClF4N2O/c26-22-14-32-23(27)13-21(22)18-10-17(11-20(12-18)25(28,29)30)15-33-16-24(6-8-31-9-7-24)19-4-2-1-3-5-19/h1-5,10-14,31H,6-9,15-16H2. The van der Waals surface area contributed by atoms with Crippen molar-refractivity contribution in [2.75, 3.05) is 19.7 Å². The molecule has 0 atom stereocenters. The molecule has 174 valence electrons. The summed E-state index contributed by atoms with van der Waals surface area (Å²) in [7, 11) is 0. The van der Waals surface area contributed by atoms with Gasteiger partial charge in [-0.2, -0.15) is 17.6 Å². The Morgan fingerprint density at radius 1 is 1.03 bits per heavy atom. The zero-order chi connectivity index (χ0) is 23.5. The third kappa shape index (κ3) is 5.54. The molecule has 8 heteroatoms. The molecular weight excluding hydrogens is 456 g/mol. The van der Waals surface area contributed by atoms with Crippen molar-refractivity contribution >= 4 is 11.6 Å². The van der Waals surface area contributed by atoms with Crippen molar-refractivity contribution in [2.45, 2.75) is 31.0 Å².